The maximum absolute atomic E-state index is 5.21. The van der Waals surface area contributed by atoms with Crippen molar-refractivity contribution in [1.29, 1.82) is 0 Å². The molecule has 0 aliphatic rings. The largest absolute Gasteiger partial charge is 0.421 e. The molecule has 0 aromatic carbocycles. The van der Waals surface area contributed by atoms with Crippen molar-refractivity contribution in [3.63, 3.8) is 0 Å². The Balaban J connectivity index is 2.45. The van der Waals surface area contributed by atoms with Gasteiger partial charge in [0, 0.05) is 19.3 Å². The van der Waals surface area contributed by atoms with Gasteiger partial charge >= 0.3 is 0 Å². The first-order valence-corrected chi connectivity index (χ1v) is 3.57. The molecule has 0 atom stereocenters. The number of rotatable bonds is 1. The SMILES string of the molecule is Cc1nnc(-c2cccnc2)o1. The number of pyridine rings is 1. The van der Waals surface area contributed by atoms with Gasteiger partial charge in [-0.1, -0.05) is 0 Å². The molecule has 0 N–H and O–H groups in total. The predicted octanol–water partition coefficient (Wildman–Crippen LogP) is 1.44. The lowest BCUT2D eigenvalue weighted by molar-refractivity contribution is 0.532. The zero-order valence-corrected chi connectivity index (χ0v) is 6.56. The molecule has 0 saturated carbocycles. The summed E-state index contributed by atoms with van der Waals surface area (Å²) in [5.74, 6) is 1.08. The smallest absolute Gasteiger partial charge is 0.249 e. The van der Waals surface area contributed by atoms with Gasteiger partial charge in [-0.15, -0.1) is 10.2 Å². The van der Waals surface area contributed by atoms with Gasteiger partial charge in [0.1, 0.15) is 0 Å². The molecule has 2 aromatic heterocycles. The van der Waals surface area contributed by atoms with Crippen molar-refractivity contribution in [3.8, 4) is 11.5 Å². The summed E-state index contributed by atoms with van der Waals surface area (Å²) >= 11 is 0. The lowest BCUT2D eigenvalue weighted by atomic mass is 10.3. The van der Waals surface area contributed by atoms with Crippen LogP contribution in [-0.4, -0.2) is 15.2 Å². The molecule has 0 unspecified atom stereocenters. The summed E-state index contributed by atoms with van der Waals surface area (Å²) in [5.41, 5.74) is 0.845. The number of hydrogen-bond donors (Lipinski definition) is 0. The minimum Gasteiger partial charge on any atom is -0.421 e. The van der Waals surface area contributed by atoms with E-state index in [9.17, 15) is 0 Å². The van der Waals surface area contributed by atoms with Gasteiger partial charge in [0.05, 0.1) is 5.56 Å². The molecular weight excluding hydrogens is 154 g/mol. The quantitative estimate of drug-likeness (QED) is 0.635. The van der Waals surface area contributed by atoms with Crippen LogP contribution in [0.4, 0.5) is 0 Å². The van der Waals surface area contributed by atoms with E-state index in [-0.39, 0.29) is 0 Å². The Kier molecular flexibility index (Phi) is 1.59. The van der Waals surface area contributed by atoms with Crippen LogP contribution >= 0.6 is 0 Å². The molecule has 0 radical (unpaired) electrons. The van der Waals surface area contributed by atoms with Crippen molar-refractivity contribution in [3.05, 3.63) is 30.4 Å². The van der Waals surface area contributed by atoms with Crippen LogP contribution in [0.25, 0.3) is 11.5 Å². The summed E-state index contributed by atoms with van der Waals surface area (Å²) in [6, 6.07) is 3.70. The van der Waals surface area contributed by atoms with Crippen LogP contribution in [0.5, 0.6) is 0 Å². The summed E-state index contributed by atoms with van der Waals surface area (Å²) in [6.07, 6.45) is 3.39. The highest BCUT2D eigenvalue weighted by molar-refractivity contribution is 5.49. The van der Waals surface area contributed by atoms with E-state index in [1.165, 1.54) is 0 Å². The molecule has 0 bridgehead atoms. The number of nitrogens with zero attached hydrogens (tertiary/aromatic N) is 3. The molecule has 0 aliphatic heterocycles. The fourth-order valence-electron chi connectivity index (χ4n) is 0.902. The van der Waals surface area contributed by atoms with Crippen molar-refractivity contribution in [2.24, 2.45) is 0 Å². The Morgan fingerprint density at radius 1 is 1.33 bits per heavy atom. The Hall–Kier alpha value is -1.71. The van der Waals surface area contributed by atoms with Crippen LogP contribution < -0.4 is 0 Å². The van der Waals surface area contributed by atoms with Crippen LogP contribution in [0.2, 0.25) is 0 Å². The lowest BCUT2D eigenvalue weighted by Gasteiger charge is -1.89. The maximum atomic E-state index is 5.21. The van der Waals surface area contributed by atoms with Crippen LogP contribution in [0, 0.1) is 6.92 Å². The molecule has 2 rings (SSSR count). The molecule has 0 saturated heterocycles. The Labute approximate surface area is 69.3 Å². The zero-order valence-electron chi connectivity index (χ0n) is 6.56. The van der Waals surface area contributed by atoms with Gasteiger partial charge in [-0.3, -0.25) is 4.98 Å². The van der Waals surface area contributed by atoms with E-state index >= 15 is 0 Å². The Morgan fingerprint density at radius 3 is 2.83 bits per heavy atom. The third-order valence-electron chi connectivity index (χ3n) is 1.43. The van der Waals surface area contributed by atoms with Gasteiger partial charge in [-0.05, 0) is 12.1 Å². The zero-order chi connectivity index (χ0) is 8.39. The molecule has 2 aromatic rings. The van der Waals surface area contributed by atoms with Gasteiger partial charge in [0.15, 0.2) is 0 Å². The Bertz CT molecular complexity index is 369. The van der Waals surface area contributed by atoms with E-state index in [2.05, 4.69) is 15.2 Å². The third-order valence-corrected chi connectivity index (χ3v) is 1.43. The van der Waals surface area contributed by atoms with Gasteiger partial charge in [-0.25, -0.2) is 0 Å². The molecule has 4 heteroatoms. The van der Waals surface area contributed by atoms with E-state index in [4.69, 9.17) is 4.42 Å². The predicted molar refractivity (Wildman–Crippen MR) is 42.3 cm³/mol. The lowest BCUT2D eigenvalue weighted by Crippen LogP contribution is -1.78. The molecule has 0 amide bonds. The second-order valence-electron chi connectivity index (χ2n) is 2.37. The first-order chi connectivity index (χ1) is 5.86. The molecule has 0 aliphatic carbocycles. The average molecular weight is 161 g/mol. The second-order valence-corrected chi connectivity index (χ2v) is 2.37. The summed E-state index contributed by atoms with van der Waals surface area (Å²) in [4.78, 5) is 3.94. The van der Waals surface area contributed by atoms with Crippen molar-refractivity contribution in [2.45, 2.75) is 6.92 Å². The topological polar surface area (TPSA) is 51.8 Å². The minimum absolute atomic E-state index is 0.514. The summed E-state index contributed by atoms with van der Waals surface area (Å²) in [5, 5.41) is 7.58. The summed E-state index contributed by atoms with van der Waals surface area (Å²) in [7, 11) is 0. The maximum Gasteiger partial charge on any atom is 0.249 e. The van der Waals surface area contributed by atoms with Crippen LogP contribution in [0.15, 0.2) is 28.9 Å². The monoisotopic (exact) mass is 161 g/mol. The molecular formula is C8H7N3O. The number of aryl methyl sites for hydroxylation is 1. The summed E-state index contributed by atoms with van der Waals surface area (Å²) < 4.78 is 5.21. The molecule has 2 heterocycles. The van der Waals surface area contributed by atoms with Gasteiger partial charge in [-0.2, -0.15) is 0 Å². The fraction of sp³-hybridized carbons (Fsp3) is 0.125. The van der Waals surface area contributed by atoms with E-state index < -0.39 is 0 Å². The highest BCUT2D eigenvalue weighted by Crippen LogP contribution is 2.14. The standard InChI is InChI=1S/C8H7N3O/c1-6-10-11-8(12-6)7-3-2-4-9-5-7/h2-5H,1H3. The van der Waals surface area contributed by atoms with E-state index in [0.29, 0.717) is 11.8 Å². The molecule has 12 heavy (non-hydrogen) atoms. The van der Waals surface area contributed by atoms with Crippen molar-refractivity contribution < 1.29 is 4.42 Å². The van der Waals surface area contributed by atoms with Crippen molar-refractivity contribution in [2.75, 3.05) is 0 Å². The normalized spacial score (nSPS) is 10.1. The van der Waals surface area contributed by atoms with Crippen molar-refractivity contribution in [1.82, 2.24) is 15.2 Å². The molecule has 60 valence electrons. The minimum atomic E-state index is 0.514. The first-order valence-electron chi connectivity index (χ1n) is 3.57. The molecule has 0 fully saturated rings. The number of hydrogen-bond acceptors (Lipinski definition) is 4. The third kappa shape index (κ3) is 1.18. The number of aromatic nitrogens is 3. The van der Waals surface area contributed by atoms with E-state index in [0.717, 1.165) is 5.56 Å². The molecule has 0 spiro atoms. The average Bonchev–Trinajstić information content (AvgIpc) is 2.54. The van der Waals surface area contributed by atoms with Crippen LogP contribution in [0.1, 0.15) is 5.89 Å². The first kappa shape index (κ1) is 6.97. The Morgan fingerprint density at radius 2 is 2.25 bits per heavy atom. The van der Waals surface area contributed by atoms with Crippen LogP contribution in [-0.2, 0) is 0 Å². The highest BCUT2D eigenvalue weighted by Gasteiger charge is 2.03. The van der Waals surface area contributed by atoms with E-state index in [1.54, 1.807) is 19.3 Å². The fourth-order valence-corrected chi connectivity index (χ4v) is 0.902. The highest BCUT2D eigenvalue weighted by atomic mass is 16.4. The van der Waals surface area contributed by atoms with Gasteiger partial charge in [0.2, 0.25) is 11.8 Å². The molecule has 4 nitrogen and oxygen atoms in total. The van der Waals surface area contributed by atoms with Crippen molar-refractivity contribution >= 4 is 0 Å². The second kappa shape index (κ2) is 2.73. The van der Waals surface area contributed by atoms with Gasteiger partial charge in [0.25, 0.3) is 0 Å². The van der Waals surface area contributed by atoms with E-state index in [1.807, 2.05) is 12.1 Å². The summed E-state index contributed by atoms with van der Waals surface area (Å²) in [6.45, 7) is 1.76. The van der Waals surface area contributed by atoms with Crippen LogP contribution in [0.3, 0.4) is 0 Å². The van der Waals surface area contributed by atoms with Gasteiger partial charge < -0.3 is 4.42 Å².